The Bertz CT molecular complexity index is 3000. The summed E-state index contributed by atoms with van der Waals surface area (Å²) in [5.41, 5.74) is 12.0. The first kappa shape index (κ1) is 33.1. The number of hydrogen-bond donors (Lipinski definition) is 0. The summed E-state index contributed by atoms with van der Waals surface area (Å²) in [6.45, 7) is 0. The Morgan fingerprint density at radius 3 is 1.39 bits per heavy atom. The van der Waals surface area contributed by atoms with Crippen LogP contribution in [0.15, 0.2) is 212 Å². The molecule has 0 unspecified atom stereocenters. The molecule has 262 valence electrons. The van der Waals surface area contributed by atoms with Crippen LogP contribution in [0.25, 0.3) is 100 Å². The molecule has 0 saturated carbocycles. The molecule has 1 aromatic heterocycles. The average molecular weight is 714 g/mol. The monoisotopic (exact) mass is 713 g/mol. The lowest BCUT2D eigenvalue weighted by molar-refractivity contribution is 1.07. The Labute approximate surface area is 326 Å². The highest BCUT2D eigenvalue weighted by Crippen LogP contribution is 2.39. The first-order valence-corrected chi connectivity index (χ1v) is 18.9. The summed E-state index contributed by atoms with van der Waals surface area (Å²) < 4.78 is 0. The molecule has 0 bridgehead atoms. The van der Waals surface area contributed by atoms with Crippen LogP contribution in [-0.4, -0.2) is 15.0 Å². The van der Waals surface area contributed by atoms with Gasteiger partial charge in [0.15, 0.2) is 17.5 Å². The van der Waals surface area contributed by atoms with Gasteiger partial charge in [-0.25, -0.2) is 15.0 Å². The molecule has 0 saturated heterocycles. The Hall–Kier alpha value is -7.49. The second kappa shape index (κ2) is 14.4. The molecule has 3 nitrogen and oxygen atoms in total. The van der Waals surface area contributed by atoms with Gasteiger partial charge in [0.05, 0.1) is 0 Å². The lowest BCUT2D eigenvalue weighted by Gasteiger charge is -2.15. The SMILES string of the molecule is c1ccc(-c2ccc(-c3nc(-c4cccc(-c5ccc(-c6ccccc6)c6ccccc56)c4)nc(-c4ccccc4-c4cccc5ccccc45)n3)cc2)cc1. The molecule has 0 aliphatic heterocycles. The quantitative estimate of drug-likeness (QED) is 0.165. The van der Waals surface area contributed by atoms with Gasteiger partial charge in [0.1, 0.15) is 0 Å². The van der Waals surface area contributed by atoms with Crippen LogP contribution in [0.4, 0.5) is 0 Å². The summed E-state index contributed by atoms with van der Waals surface area (Å²) in [7, 11) is 0. The van der Waals surface area contributed by atoms with E-state index in [1.807, 2.05) is 6.07 Å². The molecule has 56 heavy (non-hydrogen) atoms. The van der Waals surface area contributed by atoms with Gasteiger partial charge in [-0.05, 0) is 72.1 Å². The molecular formula is C53H35N3. The van der Waals surface area contributed by atoms with Crippen LogP contribution in [0.3, 0.4) is 0 Å². The van der Waals surface area contributed by atoms with Crippen molar-refractivity contribution >= 4 is 21.5 Å². The fraction of sp³-hybridized carbons (Fsp3) is 0. The summed E-state index contributed by atoms with van der Waals surface area (Å²) in [6.07, 6.45) is 0. The minimum absolute atomic E-state index is 0.622. The van der Waals surface area contributed by atoms with Crippen LogP contribution in [0.1, 0.15) is 0 Å². The first-order chi connectivity index (χ1) is 27.8. The highest BCUT2D eigenvalue weighted by Gasteiger charge is 2.18. The third-order valence-electron chi connectivity index (χ3n) is 10.6. The van der Waals surface area contributed by atoms with Crippen molar-refractivity contribution in [2.75, 3.05) is 0 Å². The predicted octanol–water partition coefficient (Wildman–Crippen LogP) is 13.8. The van der Waals surface area contributed by atoms with E-state index in [1.165, 1.54) is 38.2 Å². The molecule has 0 N–H and O–H groups in total. The maximum absolute atomic E-state index is 5.26. The van der Waals surface area contributed by atoms with E-state index in [0.717, 1.165) is 44.5 Å². The summed E-state index contributed by atoms with van der Waals surface area (Å²) >= 11 is 0. The Morgan fingerprint density at radius 1 is 0.214 bits per heavy atom. The molecule has 10 aromatic rings. The van der Waals surface area contributed by atoms with Gasteiger partial charge in [0.25, 0.3) is 0 Å². The zero-order valence-electron chi connectivity index (χ0n) is 30.5. The third kappa shape index (κ3) is 6.21. The maximum atomic E-state index is 5.26. The Balaban J connectivity index is 1.13. The molecular weight excluding hydrogens is 679 g/mol. The third-order valence-corrected chi connectivity index (χ3v) is 10.6. The number of rotatable bonds is 7. The fourth-order valence-corrected chi connectivity index (χ4v) is 7.82. The summed E-state index contributed by atoms with van der Waals surface area (Å²) in [4.78, 5) is 15.6. The van der Waals surface area contributed by atoms with Crippen LogP contribution < -0.4 is 0 Å². The van der Waals surface area contributed by atoms with Gasteiger partial charge in [-0.3, -0.25) is 0 Å². The second-order valence-corrected chi connectivity index (χ2v) is 14.0. The van der Waals surface area contributed by atoms with E-state index in [9.17, 15) is 0 Å². The zero-order valence-corrected chi connectivity index (χ0v) is 30.5. The number of nitrogens with zero attached hydrogens (tertiary/aromatic N) is 3. The van der Waals surface area contributed by atoms with E-state index in [-0.39, 0.29) is 0 Å². The van der Waals surface area contributed by atoms with Crippen molar-refractivity contribution in [3.05, 3.63) is 212 Å². The molecule has 1 heterocycles. The fourth-order valence-electron chi connectivity index (χ4n) is 7.82. The largest absolute Gasteiger partial charge is 0.208 e. The molecule has 10 rings (SSSR count). The van der Waals surface area contributed by atoms with E-state index in [0.29, 0.717) is 17.5 Å². The van der Waals surface area contributed by atoms with Crippen molar-refractivity contribution in [1.82, 2.24) is 15.0 Å². The van der Waals surface area contributed by atoms with Crippen molar-refractivity contribution in [3.63, 3.8) is 0 Å². The molecule has 0 aliphatic rings. The standard InChI is InChI=1S/C53H35N3/c1-3-15-36(16-4-1)37-29-31-40(32-30-37)51-54-52(56-53(55-51)50-27-12-11-26-49(50)48-28-14-20-39-19-7-8-23-43(39)48)42-22-13-21-41(35-42)45-34-33-44(38-17-5-2-6-18-38)46-24-9-10-25-47(45)46/h1-35H. The van der Waals surface area contributed by atoms with Gasteiger partial charge in [0.2, 0.25) is 0 Å². The molecule has 0 fully saturated rings. The van der Waals surface area contributed by atoms with Crippen molar-refractivity contribution in [2.45, 2.75) is 0 Å². The van der Waals surface area contributed by atoms with Gasteiger partial charge in [-0.2, -0.15) is 0 Å². The molecule has 9 aromatic carbocycles. The Kier molecular flexibility index (Phi) is 8.51. The number of fused-ring (bicyclic) bond motifs is 2. The minimum Gasteiger partial charge on any atom is -0.208 e. The second-order valence-electron chi connectivity index (χ2n) is 14.0. The van der Waals surface area contributed by atoms with E-state index >= 15 is 0 Å². The van der Waals surface area contributed by atoms with E-state index in [1.54, 1.807) is 0 Å². The van der Waals surface area contributed by atoms with Crippen LogP contribution in [-0.2, 0) is 0 Å². The van der Waals surface area contributed by atoms with Crippen LogP contribution >= 0.6 is 0 Å². The van der Waals surface area contributed by atoms with Crippen molar-refractivity contribution in [1.29, 1.82) is 0 Å². The highest BCUT2D eigenvalue weighted by molar-refractivity contribution is 6.05. The summed E-state index contributed by atoms with van der Waals surface area (Å²) in [6, 6.07) is 74.7. The first-order valence-electron chi connectivity index (χ1n) is 18.9. The lowest BCUT2D eigenvalue weighted by atomic mass is 9.91. The molecule has 0 atom stereocenters. The lowest BCUT2D eigenvalue weighted by Crippen LogP contribution is -2.01. The topological polar surface area (TPSA) is 38.7 Å². The number of benzene rings is 9. The van der Waals surface area contributed by atoms with Gasteiger partial charge < -0.3 is 0 Å². The minimum atomic E-state index is 0.622. The Morgan fingerprint density at radius 2 is 0.661 bits per heavy atom. The molecule has 0 amide bonds. The average Bonchev–Trinajstić information content (AvgIpc) is 3.29. The van der Waals surface area contributed by atoms with Gasteiger partial charge in [0, 0.05) is 16.7 Å². The predicted molar refractivity (Wildman–Crippen MR) is 233 cm³/mol. The normalized spacial score (nSPS) is 11.2. The van der Waals surface area contributed by atoms with E-state index in [4.69, 9.17) is 15.0 Å². The zero-order chi connectivity index (χ0) is 37.3. The van der Waals surface area contributed by atoms with E-state index < -0.39 is 0 Å². The van der Waals surface area contributed by atoms with Gasteiger partial charge >= 0.3 is 0 Å². The van der Waals surface area contributed by atoms with Crippen molar-refractivity contribution < 1.29 is 0 Å². The van der Waals surface area contributed by atoms with Gasteiger partial charge in [-0.15, -0.1) is 0 Å². The molecule has 0 radical (unpaired) electrons. The smallest absolute Gasteiger partial charge is 0.164 e. The van der Waals surface area contributed by atoms with Crippen LogP contribution in [0.5, 0.6) is 0 Å². The molecule has 0 spiro atoms. The van der Waals surface area contributed by atoms with E-state index in [2.05, 4.69) is 206 Å². The maximum Gasteiger partial charge on any atom is 0.164 e. The molecule has 3 heteroatoms. The van der Waals surface area contributed by atoms with Crippen LogP contribution in [0, 0.1) is 0 Å². The van der Waals surface area contributed by atoms with Crippen molar-refractivity contribution in [2.24, 2.45) is 0 Å². The molecule has 0 aliphatic carbocycles. The highest BCUT2D eigenvalue weighted by atomic mass is 15.0. The summed E-state index contributed by atoms with van der Waals surface area (Å²) in [5, 5.41) is 4.80. The summed E-state index contributed by atoms with van der Waals surface area (Å²) in [5.74, 6) is 1.88. The number of hydrogen-bond acceptors (Lipinski definition) is 3. The number of aromatic nitrogens is 3. The van der Waals surface area contributed by atoms with Crippen molar-refractivity contribution in [3.8, 4) is 78.7 Å². The van der Waals surface area contributed by atoms with Crippen LogP contribution in [0.2, 0.25) is 0 Å². The van der Waals surface area contributed by atoms with Gasteiger partial charge in [-0.1, -0.05) is 206 Å².